The van der Waals surface area contributed by atoms with Gasteiger partial charge in [0.2, 0.25) is 0 Å². The monoisotopic (exact) mass is 234 g/mol. The Morgan fingerprint density at radius 2 is 2.06 bits per heavy atom. The maximum absolute atomic E-state index is 5.37. The Balaban J connectivity index is 1.95. The van der Waals surface area contributed by atoms with Crippen LogP contribution in [0.1, 0.15) is 18.4 Å². The second-order valence-electron chi connectivity index (χ2n) is 4.97. The molecule has 1 N–H and O–H groups in total. The van der Waals surface area contributed by atoms with E-state index in [9.17, 15) is 0 Å². The van der Waals surface area contributed by atoms with Gasteiger partial charge in [-0.2, -0.15) is 0 Å². The van der Waals surface area contributed by atoms with E-state index < -0.39 is 0 Å². The third kappa shape index (κ3) is 4.02. The molecular formula is C14H22N2O. The van der Waals surface area contributed by atoms with Crippen molar-refractivity contribution in [2.24, 2.45) is 0 Å². The van der Waals surface area contributed by atoms with E-state index in [1.165, 1.54) is 11.3 Å². The molecule has 2 rings (SSSR count). The molecule has 1 aliphatic rings. The molecule has 1 aliphatic heterocycles. The molecule has 94 valence electrons. The van der Waals surface area contributed by atoms with Crippen molar-refractivity contribution in [2.75, 3.05) is 32.6 Å². The Hall–Kier alpha value is -1.06. The fourth-order valence-electron chi connectivity index (χ4n) is 2.20. The minimum absolute atomic E-state index is 0.568. The predicted molar refractivity (Wildman–Crippen MR) is 71.3 cm³/mol. The van der Waals surface area contributed by atoms with E-state index in [4.69, 9.17) is 4.74 Å². The Morgan fingerprint density at radius 1 is 1.29 bits per heavy atom. The first-order valence-electron chi connectivity index (χ1n) is 6.32. The molecular weight excluding hydrogens is 212 g/mol. The normalized spacial score (nSPS) is 17.4. The molecule has 0 atom stereocenters. The van der Waals surface area contributed by atoms with Crippen LogP contribution in [0.2, 0.25) is 0 Å². The number of benzene rings is 1. The minimum Gasteiger partial charge on any atom is -0.382 e. The standard InChI is InChI=1S/C14H22N2O/c1-16(2)11-12-4-3-5-14(10-12)15-13-6-8-17-9-7-13/h3-5,10,13,15H,6-9,11H2,1-2H3. The molecule has 3 heteroatoms. The van der Waals surface area contributed by atoms with Crippen LogP contribution >= 0.6 is 0 Å². The third-order valence-electron chi connectivity index (χ3n) is 3.02. The van der Waals surface area contributed by atoms with Crippen molar-refractivity contribution in [3.05, 3.63) is 29.8 Å². The van der Waals surface area contributed by atoms with E-state index in [0.29, 0.717) is 6.04 Å². The van der Waals surface area contributed by atoms with Gasteiger partial charge in [0, 0.05) is 31.5 Å². The summed E-state index contributed by atoms with van der Waals surface area (Å²) in [5.74, 6) is 0. The maximum Gasteiger partial charge on any atom is 0.0485 e. The summed E-state index contributed by atoms with van der Waals surface area (Å²) in [6.07, 6.45) is 2.22. The van der Waals surface area contributed by atoms with Crippen LogP contribution in [0.15, 0.2) is 24.3 Å². The topological polar surface area (TPSA) is 24.5 Å². The number of nitrogens with one attached hydrogen (secondary N) is 1. The summed E-state index contributed by atoms with van der Waals surface area (Å²) >= 11 is 0. The molecule has 0 aromatic heterocycles. The molecule has 17 heavy (non-hydrogen) atoms. The van der Waals surface area contributed by atoms with Gasteiger partial charge in [-0.1, -0.05) is 12.1 Å². The SMILES string of the molecule is CN(C)Cc1cccc(NC2CCOCC2)c1. The van der Waals surface area contributed by atoms with Crippen molar-refractivity contribution in [2.45, 2.75) is 25.4 Å². The highest BCUT2D eigenvalue weighted by Gasteiger charge is 2.13. The summed E-state index contributed by atoms with van der Waals surface area (Å²) in [6, 6.07) is 9.26. The molecule has 0 bridgehead atoms. The van der Waals surface area contributed by atoms with Gasteiger partial charge in [0.1, 0.15) is 0 Å². The van der Waals surface area contributed by atoms with E-state index in [1.54, 1.807) is 0 Å². The number of hydrogen-bond donors (Lipinski definition) is 1. The smallest absolute Gasteiger partial charge is 0.0485 e. The number of ether oxygens (including phenoxy) is 1. The van der Waals surface area contributed by atoms with E-state index in [-0.39, 0.29) is 0 Å². The first-order chi connectivity index (χ1) is 8.24. The van der Waals surface area contributed by atoms with Crippen molar-refractivity contribution in [3.8, 4) is 0 Å². The van der Waals surface area contributed by atoms with Gasteiger partial charge in [0.25, 0.3) is 0 Å². The van der Waals surface area contributed by atoms with Gasteiger partial charge in [-0.25, -0.2) is 0 Å². The number of rotatable bonds is 4. The molecule has 0 amide bonds. The summed E-state index contributed by atoms with van der Waals surface area (Å²) in [7, 11) is 4.19. The lowest BCUT2D eigenvalue weighted by Gasteiger charge is -2.24. The molecule has 3 nitrogen and oxygen atoms in total. The lowest BCUT2D eigenvalue weighted by Crippen LogP contribution is -2.27. The lowest BCUT2D eigenvalue weighted by atomic mass is 10.1. The average Bonchev–Trinajstić information content (AvgIpc) is 2.30. The van der Waals surface area contributed by atoms with Gasteiger partial charge in [0.15, 0.2) is 0 Å². The summed E-state index contributed by atoms with van der Waals surface area (Å²) < 4.78 is 5.37. The second kappa shape index (κ2) is 6.03. The zero-order valence-electron chi connectivity index (χ0n) is 10.8. The second-order valence-corrected chi connectivity index (χ2v) is 4.97. The fraction of sp³-hybridized carbons (Fsp3) is 0.571. The van der Waals surface area contributed by atoms with Gasteiger partial charge in [-0.15, -0.1) is 0 Å². The Bertz CT molecular complexity index is 346. The quantitative estimate of drug-likeness (QED) is 0.865. The zero-order chi connectivity index (χ0) is 12.1. The molecule has 1 heterocycles. The molecule has 0 aliphatic carbocycles. The summed E-state index contributed by atoms with van der Waals surface area (Å²) in [5, 5.41) is 3.60. The number of anilines is 1. The first kappa shape index (κ1) is 12.4. The summed E-state index contributed by atoms with van der Waals surface area (Å²) in [5.41, 5.74) is 2.59. The molecule has 0 spiro atoms. The number of hydrogen-bond acceptors (Lipinski definition) is 3. The van der Waals surface area contributed by atoms with Crippen molar-refractivity contribution < 1.29 is 4.74 Å². The van der Waals surface area contributed by atoms with Crippen molar-refractivity contribution in [3.63, 3.8) is 0 Å². The highest BCUT2D eigenvalue weighted by atomic mass is 16.5. The molecule has 1 saturated heterocycles. The van der Waals surface area contributed by atoms with Gasteiger partial charge in [-0.3, -0.25) is 0 Å². The lowest BCUT2D eigenvalue weighted by molar-refractivity contribution is 0.0904. The van der Waals surface area contributed by atoms with Gasteiger partial charge in [0.05, 0.1) is 0 Å². The summed E-state index contributed by atoms with van der Waals surface area (Å²) in [4.78, 5) is 2.19. The van der Waals surface area contributed by atoms with Gasteiger partial charge >= 0.3 is 0 Å². The third-order valence-corrected chi connectivity index (χ3v) is 3.02. The molecule has 0 saturated carbocycles. The highest BCUT2D eigenvalue weighted by molar-refractivity contribution is 5.46. The van der Waals surface area contributed by atoms with Crippen LogP contribution in [-0.2, 0) is 11.3 Å². The Kier molecular flexibility index (Phi) is 4.40. The van der Waals surface area contributed by atoms with Crippen LogP contribution in [0.25, 0.3) is 0 Å². The molecule has 0 radical (unpaired) electrons. The van der Waals surface area contributed by atoms with Crippen molar-refractivity contribution in [1.29, 1.82) is 0 Å². The minimum atomic E-state index is 0.568. The van der Waals surface area contributed by atoms with Gasteiger partial charge < -0.3 is 15.0 Å². The van der Waals surface area contributed by atoms with Gasteiger partial charge in [-0.05, 0) is 44.6 Å². The summed E-state index contributed by atoms with van der Waals surface area (Å²) in [6.45, 7) is 2.76. The van der Waals surface area contributed by atoms with Crippen LogP contribution in [0, 0.1) is 0 Å². The van der Waals surface area contributed by atoms with E-state index in [0.717, 1.165) is 32.6 Å². The predicted octanol–water partition coefficient (Wildman–Crippen LogP) is 2.34. The fourth-order valence-corrected chi connectivity index (χ4v) is 2.20. The van der Waals surface area contributed by atoms with Crippen molar-refractivity contribution in [1.82, 2.24) is 4.90 Å². The largest absolute Gasteiger partial charge is 0.382 e. The molecule has 0 unspecified atom stereocenters. The van der Waals surface area contributed by atoms with Crippen molar-refractivity contribution >= 4 is 5.69 Å². The van der Waals surface area contributed by atoms with Crippen LogP contribution in [0.5, 0.6) is 0 Å². The Labute approximate surface area is 104 Å². The maximum atomic E-state index is 5.37. The van der Waals surface area contributed by atoms with Crippen LogP contribution in [0.3, 0.4) is 0 Å². The number of nitrogens with zero attached hydrogens (tertiary/aromatic N) is 1. The van der Waals surface area contributed by atoms with E-state index >= 15 is 0 Å². The molecule has 1 fully saturated rings. The first-order valence-corrected chi connectivity index (χ1v) is 6.32. The Morgan fingerprint density at radius 3 is 2.76 bits per heavy atom. The van der Waals surface area contributed by atoms with Crippen LogP contribution in [0.4, 0.5) is 5.69 Å². The van der Waals surface area contributed by atoms with E-state index in [2.05, 4.69) is 48.6 Å². The highest BCUT2D eigenvalue weighted by Crippen LogP contribution is 2.17. The van der Waals surface area contributed by atoms with Crippen LogP contribution < -0.4 is 5.32 Å². The van der Waals surface area contributed by atoms with E-state index in [1.807, 2.05) is 0 Å². The van der Waals surface area contributed by atoms with Crippen LogP contribution in [-0.4, -0.2) is 38.3 Å². The molecule has 1 aromatic rings. The zero-order valence-corrected chi connectivity index (χ0v) is 10.8. The molecule has 1 aromatic carbocycles. The average molecular weight is 234 g/mol.